The van der Waals surface area contributed by atoms with E-state index in [2.05, 4.69) is 4.90 Å². The molecule has 1 saturated carbocycles. The Morgan fingerprint density at radius 3 is 2.50 bits per heavy atom. The van der Waals surface area contributed by atoms with Gasteiger partial charge in [0.15, 0.2) is 0 Å². The number of likely N-dealkylation sites (tertiary alicyclic amines) is 1. The van der Waals surface area contributed by atoms with Crippen molar-refractivity contribution in [2.24, 2.45) is 0 Å². The van der Waals surface area contributed by atoms with Gasteiger partial charge in [0, 0.05) is 25.2 Å². The highest BCUT2D eigenvalue weighted by molar-refractivity contribution is 5.69. The summed E-state index contributed by atoms with van der Waals surface area (Å²) < 4.78 is 37.3. The molecule has 0 spiro atoms. The molecule has 1 aliphatic carbocycles. The number of aliphatic carboxylic acids is 1. The van der Waals surface area contributed by atoms with Crippen LogP contribution in [0.25, 0.3) is 0 Å². The smallest absolute Gasteiger partial charge is 0.401 e. The van der Waals surface area contributed by atoms with Crippen molar-refractivity contribution in [2.75, 3.05) is 26.2 Å². The largest absolute Gasteiger partial charge is 0.480 e. The average molecular weight is 266 g/mol. The van der Waals surface area contributed by atoms with Gasteiger partial charge in [0.25, 0.3) is 0 Å². The van der Waals surface area contributed by atoms with Gasteiger partial charge in [-0.2, -0.15) is 13.2 Å². The molecule has 1 N–H and O–H groups in total. The van der Waals surface area contributed by atoms with E-state index in [-0.39, 0.29) is 6.04 Å². The summed E-state index contributed by atoms with van der Waals surface area (Å²) >= 11 is 0. The lowest BCUT2D eigenvalue weighted by Crippen LogP contribution is -2.45. The van der Waals surface area contributed by atoms with Gasteiger partial charge in [-0.1, -0.05) is 0 Å². The highest BCUT2D eigenvalue weighted by Gasteiger charge is 2.40. The summed E-state index contributed by atoms with van der Waals surface area (Å²) in [5.41, 5.74) is 0. The second kappa shape index (κ2) is 5.05. The normalized spacial score (nSPS) is 25.9. The second-order valence-corrected chi connectivity index (χ2v) is 5.08. The molecule has 0 radical (unpaired) electrons. The quantitative estimate of drug-likeness (QED) is 0.811. The number of carboxylic acids is 1. The molecule has 1 aliphatic heterocycles. The van der Waals surface area contributed by atoms with Crippen molar-refractivity contribution in [3.8, 4) is 0 Å². The molecule has 1 heterocycles. The zero-order valence-corrected chi connectivity index (χ0v) is 9.99. The number of nitrogens with zero attached hydrogens (tertiary/aromatic N) is 2. The maximum atomic E-state index is 12.4. The number of rotatable bonds is 5. The fraction of sp³-hybridized carbons (Fsp3) is 0.909. The minimum Gasteiger partial charge on any atom is -0.480 e. The molecule has 0 amide bonds. The fourth-order valence-electron chi connectivity index (χ4n) is 2.56. The van der Waals surface area contributed by atoms with Gasteiger partial charge < -0.3 is 5.11 Å². The first-order valence-electron chi connectivity index (χ1n) is 6.12. The second-order valence-electron chi connectivity index (χ2n) is 5.08. The van der Waals surface area contributed by atoms with Gasteiger partial charge in [-0.25, -0.2) is 0 Å². The van der Waals surface area contributed by atoms with Crippen LogP contribution in [0.1, 0.15) is 19.3 Å². The minimum absolute atomic E-state index is 0.289. The summed E-state index contributed by atoms with van der Waals surface area (Å²) in [6.07, 6.45) is -1.49. The summed E-state index contributed by atoms with van der Waals surface area (Å²) in [7, 11) is 0. The Balaban J connectivity index is 1.93. The van der Waals surface area contributed by atoms with Gasteiger partial charge in [0.2, 0.25) is 0 Å². The zero-order chi connectivity index (χ0) is 13.3. The van der Waals surface area contributed by atoms with Crippen molar-refractivity contribution in [1.82, 2.24) is 9.80 Å². The molecule has 1 atom stereocenters. The standard InChI is InChI=1S/C11H17F3N2O2/c12-11(13,14)7-16(6-10(17)18)9-3-4-15(5-9)8-1-2-8/h8-9H,1-7H2,(H,17,18). The van der Waals surface area contributed by atoms with Crippen LogP contribution in [0.15, 0.2) is 0 Å². The predicted molar refractivity (Wildman–Crippen MR) is 58.3 cm³/mol. The molecule has 1 unspecified atom stereocenters. The summed E-state index contributed by atoms with van der Waals surface area (Å²) in [4.78, 5) is 13.9. The van der Waals surface area contributed by atoms with Crippen LogP contribution in [-0.4, -0.2) is 65.3 Å². The predicted octanol–water partition coefficient (Wildman–Crippen LogP) is 1.17. The van der Waals surface area contributed by atoms with Crippen molar-refractivity contribution in [2.45, 2.75) is 37.5 Å². The highest BCUT2D eigenvalue weighted by Crippen LogP contribution is 2.31. The van der Waals surface area contributed by atoms with E-state index in [1.54, 1.807) is 0 Å². The average Bonchev–Trinajstić information content (AvgIpc) is 2.93. The Morgan fingerprint density at radius 1 is 1.33 bits per heavy atom. The molecule has 0 aromatic rings. The van der Waals surface area contributed by atoms with Crippen LogP contribution >= 0.6 is 0 Å². The van der Waals surface area contributed by atoms with Crippen LogP contribution in [0.3, 0.4) is 0 Å². The van der Waals surface area contributed by atoms with Crippen LogP contribution in [0, 0.1) is 0 Å². The van der Waals surface area contributed by atoms with E-state index in [4.69, 9.17) is 5.11 Å². The van der Waals surface area contributed by atoms with Crippen LogP contribution in [0.4, 0.5) is 13.2 Å². The first kappa shape index (κ1) is 13.6. The van der Waals surface area contributed by atoms with Gasteiger partial charge in [-0.3, -0.25) is 14.6 Å². The van der Waals surface area contributed by atoms with Crippen LogP contribution in [-0.2, 0) is 4.79 Å². The lowest BCUT2D eigenvalue weighted by atomic mass is 10.2. The number of hydrogen-bond acceptors (Lipinski definition) is 3. The van der Waals surface area contributed by atoms with Crippen molar-refractivity contribution in [3.63, 3.8) is 0 Å². The van der Waals surface area contributed by atoms with Gasteiger partial charge >= 0.3 is 12.1 Å². The summed E-state index contributed by atoms with van der Waals surface area (Å²) in [5, 5.41) is 8.71. The van der Waals surface area contributed by atoms with Crippen molar-refractivity contribution in [3.05, 3.63) is 0 Å². The van der Waals surface area contributed by atoms with Gasteiger partial charge in [-0.05, 0) is 19.3 Å². The molecule has 2 aliphatic rings. The minimum atomic E-state index is -4.34. The third kappa shape index (κ3) is 3.84. The molecule has 2 fully saturated rings. The molecule has 7 heteroatoms. The molecular weight excluding hydrogens is 249 g/mol. The van der Waals surface area contributed by atoms with Crippen molar-refractivity contribution in [1.29, 1.82) is 0 Å². The molecule has 1 saturated heterocycles. The molecular formula is C11H17F3N2O2. The van der Waals surface area contributed by atoms with E-state index < -0.39 is 25.2 Å². The Morgan fingerprint density at radius 2 is 2.00 bits per heavy atom. The summed E-state index contributed by atoms with van der Waals surface area (Å²) in [6.45, 7) is -0.331. The monoisotopic (exact) mass is 266 g/mol. The SMILES string of the molecule is O=C(O)CN(CC(F)(F)F)C1CCN(C2CC2)C1. The number of carboxylic acid groups (broad SMARTS) is 1. The molecule has 2 rings (SSSR count). The van der Waals surface area contributed by atoms with E-state index in [0.29, 0.717) is 19.0 Å². The Kier molecular flexibility index (Phi) is 3.82. The lowest BCUT2D eigenvalue weighted by molar-refractivity contribution is -0.157. The van der Waals surface area contributed by atoms with E-state index in [1.165, 1.54) is 0 Å². The Hall–Kier alpha value is -0.820. The third-order valence-electron chi connectivity index (χ3n) is 3.50. The molecule has 4 nitrogen and oxygen atoms in total. The third-order valence-corrected chi connectivity index (χ3v) is 3.50. The van der Waals surface area contributed by atoms with Crippen molar-refractivity contribution >= 4 is 5.97 Å². The van der Waals surface area contributed by atoms with Gasteiger partial charge in [0.05, 0.1) is 13.1 Å². The van der Waals surface area contributed by atoms with E-state index >= 15 is 0 Å². The number of halogens is 3. The first-order valence-corrected chi connectivity index (χ1v) is 6.12. The number of carbonyl (C=O) groups is 1. The summed E-state index contributed by atoms with van der Waals surface area (Å²) in [5.74, 6) is -1.20. The molecule has 0 aromatic heterocycles. The Bertz CT molecular complexity index is 318. The van der Waals surface area contributed by atoms with E-state index in [9.17, 15) is 18.0 Å². The highest BCUT2D eigenvalue weighted by atomic mass is 19.4. The number of alkyl halides is 3. The number of hydrogen-bond donors (Lipinski definition) is 1. The molecule has 0 aromatic carbocycles. The lowest BCUT2D eigenvalue weighted by Gasteiger charge is -2.28. The molecule has 0 bridgehead atoms. The van der Waals surface area contributed by atoms with Crippen molar-refractivity contribution < 1.29 is 23.1 Å². The summed E-state index contributed by atoms with van der Waals surface area (Å²) in [6, 6.07) is 0.232. The van der Waals surface area contributed by atoms with Crippen LogP contribution in [0.5, 0.6) is 0 Å². The molecule has 104 valence electrons. The van der Waals surface area contributed by atoms with Crippen LogP contribution in [0.2, 0.25) is 0 Å². The van der Waals surface area contributed by atoms with E-state index in [0.717, 1.165) is 24.3 Å². The maximum Gasteiger partial charge on any atom is 0.401 e. The fourth-order valence-corrected chi connectivity index (χ4v) is 2.56. The van der Waals surface area contributed by atoms with Crippen LogP contribution < -0.4 is 0 Å². The first-order chi connectivity index (χ1) is 8.35. The van der Waals surface area contributed by atoms with Gasteiger partial charge in [0.1, 0.15) is 0 Å². The zero-order valence-electron chi connectivity index (χ0n) is 9.99. The molecule has 18 heavy (non-hydrogen) atoms. The van der Waals surface area contributed by atoms with Gasteiger partial charge in [-0.15, -0.1) is 0 Å². The van der Waals surface area contributed by atoms with E-state index in [1.807, 2.05) is 0 Å². The maximum absolute atomic E-state index is 12.4. The topological polar surface area (TPSA) is 43.8 Å². The Labute approximate surface area is 103 Å².